The van der Waals surface area contributed by atoms with E-state index in [4.69, 9.17) is 10.00 Å². The van der Waals surface area contributed by atoms with E-state index in [-0.39, 0.29) is 0 Å². The maximum atomic E-state index is 8.73. The summed E-state index contributed by atoms with van der Waals surface area (Å²) < 4.78 is 6.80. The Hall–Kier alpha value is -2.38. The average molecular weight is 266 g/mol. The van der Waals surface area contributed by atoms with Crippen LogP contribution in [0.15, 0.2) is 48.5 Å². The lowest BCUT2D eigenvalue weighted by Crippen LogP contribution is -1.94. The summed E-state index contributed by atoms with van der Waals surface area (Å²) in [5.41, 5.74) is 2.64. The van der Waals surface area contributed by atoms with E-state index in [0.717, 1.165) is 15.8 Å². The summed E-state index contributed by atoms with van der Waals surface area (Å²) >= 11 is 1.54. The molecule has 3 rings (SSSR count). The molecule has 19 heavy (non-hydrogen) atoms. The lowest BCUT2D eigenvalue weighted by atomic mass is 10.2. The SMILES string of the molecule is N#Cc1ccc(COc2nc3ccccc3s2)cc1. The van der Waals surface area contributed by atoms with E-state index in [0.29, 0.717) is 17.4 Å². The first-order chi connectivity index (χ1) is 9.35. The Labute approximate surface area is 114 Å². The highest BCUT2D eigenvalue weighted by Gasteiger charge is 2.04. The summed E-state index contributed by atoms with van der Waals surface area (Å²) in [6.07, 6.45) is 0. The van der Waals surface area contributed by atoms with Crippen LogP contribution in [0.25, 0.3) is 10.2 Å². The van der Waals surface area contributed by atoms with Crippen molar-refractivity contribution in [1.82, 2.24) is 4.98 Å². The van der Waals surface area contributed by atoms with Crippen LogP contribution < -0.4 is 4.74 Å². The number of nitrogens with zero attached hydrogens (tertiary/aromatic N) is 2. The zero-order chi connectivity index (χ0) is 13.1. The normalized spacial score (nSPS) is 10.3. The van der Waals surface area contributed by atoms with Gasteiger partial charge in [-0.15, -0.1) is 0 Å². The molecule has 0 aliphatic carbocycles. The van der Waals surface area contributed by atoms with Crippen LogP contribution in [0.1, 0.15) is 11.1 Å². The number of para-hydroxylation sites is 1. The second kappa shape index (κ2) is 5.09. The van der Waals surface area contributed by atoms with Crippen molar-refractivity contribution in [3.63, 3.8) is 0 Å². The minimum Gasteiger partial charge on any atom is -0.465 e. The van der Waals surface area contributed by atoms with Gasteiger partial charge in [-0.25, -0.2) is 4.98 Å². The van der Waals surface area contributed by atoms with Crippen LogP contribution in [-0.4, -0.2) is 4.98 Å². The number of thiazole rings is 1. The standard InChI is InChI=1S/C15H10N2OS/c16-9-11-5-7-12(8-6-11)10-18-15-17-13-3-1-2-4-14(13)19-15/h1-8H,10H2. The van der Waals surface area contributed by atoms with Crippen molar-refractivity contribution in [2.24, 2.45) is 0 Å². The van der Waals surface area contributed by atoms with Crippen molar-refractivity contribution in [2.75, 3.05) is 0 Å². The van der Waals surface area contributed by atoms with Gasteiger partial charge in [0.1, 0.15) is 6.61 Å². The van der Waals surface area contributed by atoms with Gasteiger partial charge in [-0.3, -0.25) is 0 Å². The molecule has 92 valence electrons. The highest BCUT2D eigenvalue weighted by molar-refractivity contribution is 7.20. The molecule has 0 spiro atoms. The minimum atomic E-state index is 0.464. The Morgan fingerprint density at radius 2 is 1.89 bits per heavy atom. The molecule has 0 N–H and O–H groups in total. The molecule has 3 nitrogen and oxygen atoms in total. The van der Waals surface area contributed by atoms with Crippen LogP contribution >= 0.6 is 11.3 Å². The maximum absolute atomic E-state index is 8.73. The number of hydrogen-bond donors (Lipinski definition) is 0. The highest BCUT2D eigenvalue weighted by Crippen LogP contribution is 2.27. The lowest BCUT2D eigenvalue weighted by molar-refractivity contribution is 0.305. The van der Waals surface area contributed by atoms with Gasteiger partial charge >= 0.3 is 0 Å². The fourth-order valence-corrected chi connectivity index (χ4v) is 2.55. The molecule has 0 atom stereocenters. The molecule has 2 aromatic carbocycles. The number of ether oxygens (including phenoxy) is 1. The van der Waals surface area contributed by atoms with E-state index in [1.165, 1.54) is 11.3 Å². The van der Waals surface area contributed by atoms with Gasteiger partial charge < -0.3 is 4.74 Å². The van der Waals surface area contributed by atoms with Gasteiger partial charge in [0, 0.05) is 0 Å². The third kappa shape index (κ3) is 2.56. The van der Waals surface area contributed by atoms with Gasteiger partial charge in [0.2, 0.25) is 0 Å². The predicted molar refractivity (Wildman–Crippen MR) is 75.1 cm³/mol. The zero-order valence-corrected chi connectivity index (χ0v) is 10.9. The topological polar surface area (TPSA) is 45.9 Å². The Morgan fingerprint density at radius 3 is 2.63 bits per heavy atom. The number of hydrogen-bond acceptors (Lipinski definition) is 4. The van der Waals surface area contributed by atoms with Crippen molar-refractivity contribution >= 4 is 21.6 Å². The van der Waals surface area contributed by atoms with Crippen LogP contribution in [0.4, 0.5) is 0 Å². The largest absolute Gasteiger partial charge is 0.465 e. The first kappa shape index (κ1) is 11.7. The van der Waals surface area contributed by atoms with Gasteiger partial charge in [0.05, 0.1) is 21.8 Å². The summed E-state index contributed by atoms with van der Waals surface area (Å²) in [6.45, 7) is 0.464. The Morgan fingerprint density at radius 1 is 1.11 bits per heavy atom. The Kier molecular flexibility index (Phi) is 3.13. The molecule has 1 heterocycles. The molecular formula is C15H10N2OS. The molecule has 0 aliphatic rings. The first-order valence-electron chi connectivity index (χ1n) is 5.82. The Balaban J connectivity index is 1.73. The lowest BCUT2D eigenvalue weighted by Gasteiger charge is -2.01. The average Bonchev–Trinajstić information content (AvgIpc) is 2.88. The first-order valence-corrected chi connectivity index (χ1v) is 6.64. The molecule has 0 saturated carbocycles. The third-order valence-corrected chi connectivity index (χ3v) is 3.67. The van der Waals surface area contributed by atoms with Crippen molar-refractivity contribution in [1.29, 1.82) is 5.26 Å². The number of fused-ring (bicyclic) bond motifs is 1. The minimum absolute atomic E-state index is 0.464. The van der Waals surface area contributed by atoms with E-state index < -0.39 is 0 Å². The molecule has 3 aromatic rings. The molecule has 1 aromatic heterocycles. The fourth-order valence-electron chi connectivity index (χ4n) is 1.73. The smallest absolute Gasteiger partial charge is 0.274 e. The Bertz CT molecular complexity index is 708. The second-order valence-corrected chi connectivity index (χ2v) is 5.04. The van der Waals surface area contributed by atoms with Crippen molar-refractivity contribution in [3.8, 4) is 11.3 Å². The molecule has 4 heteroatoms. The zero-order valence-electron chi connectivity index (χ0n) is 10.0. The molecule has 0 bridgehead atoms. The van der Waals surface area contributed by atoms with Crippen LogP contribution in [0.5, 0.6) is 5.19 Å². The van der Waals surface area contributed by atoms with Gasteiger partial charge in [0.25, 0.3) is 5.19 Å². The van der Waals surface area contributed by atoms with Crippen molar-refractivity contribution in [3.05, 3.63) is 59.7 Å². The van der Waals surface area contributed by atoms with E-state index in [9.17, 15) is 0 Å². The van der Waals surface area contributed by atoms with Crippen LogP contribution in [0, 0.1) is 11.3 Å². The summed E-state index contributed by atoms with van der Waals surface area (Å²) in [6, 6.07) is 17.4. The number of aromatic nitrogens is 1. The van der Waals surface area contributed by atoms with E-state index in [1.807, 2.05) is 36.4 Å². The van der Waals surface area contributed by atoms with Crippen LogP contribution in [0.3, 0.4) is 0 Å². The second-order valence-electron chi connectivity index (χ2n) is 4.04. The van der Waals surface area contributed by atoms with Gasteiger partial charge in [-0.2, -0.15) is 5.26 Å². The summed E-state index contributed by atoms with van der Waals surface area (Å²) in [7, 11) is 0. The summed E-state index contributed by atoms with van der Waals surface area (Å²) in [4.78, 5) is 4.41. The number of nitriles is 1. The highest BCUT2D eigenvalue weighted by atomic mass is 32.1. The molecule has 0 unspecified atom stereocenters. The van der Waals surface area contributed by atoms with Gasteiger partial charge in [0.15, 0.2) is 0 Å². The monoisotopic (exact) mass is 266 g/mol. The molecule has 0 amide bonds. The van der Waals surface area contributed by atoms with Gasteiger partial charge in [-0.1, -0.05) is 35.6 Å². The van der Waals surface area contributed by atoms with E-state index >= 15 is 0 Å². The van der Waals surface area contributed by atoms with Crippen LogP contribution in [0.2, 0.25) is 0 Å². The molecule has 0 radical (unpaired) electrons. The fraction of sp³-hybridized carbons (Fsp3) is 0.0667. The van der Waals surface area contributed by atoms with Crippen molar-refractivity contribution in [2.45, 2.75) is 6.61 Å². The molecular weight excluding hydrogens is 256 g/mol. The molecule has 0 aliphatic heterocycles. The maximum Gasteiger partial charge on any atom is 0.274 e. The third-order valence-electron chi connectivity index (χ3n) is 2.72. The number of rotatable bonds is 3. The van der Waals surface area contributed by atoms with Crippen molar-refractivity contribution < 1.29 is 4.74 Å². The van der Waals surface area contributed by atoms with E-state index in [1.54, 1.807) is 12.1 Å². The molecule has 0 fully saturated rings. The van der Waals surface area contributed by atoms with Gasteiger partial charge in [-0.05, 0) is 29.8 Å². The number of benzene rings is 2. The predicted octanol–water partition coefficient (Wildman–Crippen LogP) is 3.75. The quantitative estimate of drug-likeness (QED) is 0.725. The van der Waals surface area contributed by atoms with E-state index in [2.05, 4.69) is 11.1 Å². The summed E-state index contributed by atoms with van der Waals surface area (Å²) in [5.74, 6) is 0. The molecule has 0 saturated heterocycles. The van der Waals surface area contributed by atoms with Crippen LogP contribution in [-0.2, 0) is 6.61 Å². The summed E-state index contributed by atoms with van der Waals surface area (Å²) in [5, 5.41) is 9.40.